The summed E-state index contributed by atoms with van der Waals surface area (Å²) in [5.74, 6) is 0.0312. The van der Waals surface area contributed by atoms with Crippen LogP contribution in [0, 0.1) is 0 Å². The minimum absolute atomic E-state index is 0.0312. The topological polar surface area (TPSA) is 42.0 Å². The summed E-state index contributed by atoms with van der Waals surface area (Å²) in [6.07, 6.45) is 2.93. The summed E-state index contributed by atoms with van der Waals surface area (Å²) >= 11 is 1.58. The molecule has 0 atom stereocenters. The fourth-order valence-corrected chi connectivity index (χ4v) is 2.49. The maximum Gasteiger partial charge on any atom is 0.224 e. The highest BCUT2D eigenvalue weighted by molar-refractivity contribution is 7.09. The van der Waals surface area contributed by atoms with Crippen LogP contribution < -0.4 is 5.32 Å². The van der Waals surface area contributed by atoms with Crippen molar-refractivity contribution in [3.05, 3.63) is 46.4 Å². The molecule has 4 heteroatoms. The van der Waals surface area contributed by atoms with E-state index in [0.717, 1.165) is 10.7 Å². The number of benzene rings is 1. The van der Waals surface area contributed by atoms with Crippen LogP contribution in [0.5, 0.6) is 0 Å². The molecule has 1 heterocycles. The Morgan fingerprint density at radius 3 is 2.50 bits per heavy atom. The number of rotatable bonds is 4. The summed E-state index contributed by atoms with van der Waals surface area (Å²) < 4.78 is 0. The molecule has 0 radical (unpaired) electrons. The highest BCUT2D eigenvalue weighted by atomic mass is 32.1. The van der Waals surface area contributed by atoms with Gasteiger partial charge in [0.15, 0.2) is 0 Å². The zero-order chi connectivity index (χ0) is 14.6. The number of thiazole rings is 1. The number of hydrogen-bond acceptors (Lipinski definition) is 3. The lowest BCUT2D eigenvalue weighted by atomic mass is 9.87. The minimum atomic E-state index is 0.0312. The van der Waals surface area contributed by atoms with Gasteiger partial charge in [0.05, 0.1) is 5.01 Å². The van der Waals surface area contributed by atoms with Crippen molar-refractivity contribution in [2.45, 2.75) is 39.0 Å². The third-order valence-corrected chi connectivity index (χ3v) is 3.92. The second-order valence-electron chi connectivity index (χ2n) is 5.80. The Morgan fingerprint density at radius 2 is 1.95 bits per heavy atom. The molecule has 20 heavy (non-hydrogen) atoms. The maximum absolute atomic E-state index is 11.9. The van der Waals surface area contributed by atoms with Gasteiger partial charge in [0, 0.05) is 30.1 Å². The van der Waals surface area contributed by atoms with Crippen molar-refractivity contribution < 1.29 is 4.79 Å². The standard InChI is InChI=1S/C16H20N2OS/c1-16(2,3)12-4-6-13(7-5-12)18-14(19)8-9-15-17-10-11-20-15/h4-7,10-11H,8-9H2,1-3H3,(H,18,19). The van der Waals surface area contributed by atoms with Crippen molar-refractivity contribution in [2.75, 3.05) is 5.32 Å². The molecule has 1 aromatic carbocycles. The number of nitrogens with one attached hydrogen (secondary N) is 1. The Balaban J connectivity index is 1.88. The lowest BCUT2D eigenvalue weighted by molar-refractivity contribution is -0.116. The van der Waals surface area contributed by atoms with Crippen LogP contribution in [0.25, 0.3) is 0 Å². The number of anilines is 1. The predicted molar refractivity (Wildman–Crippen MR) is 84.2 cm³/mol. The molecule has 0 spiro atoms. The summed E-state index contributed by atoms with van der Waals surface area (Å²) in [5.41, 5.74) is 2.24. The molecule has 0 saturated carbocycles. The molecule has 1 N–H and O–H groups in total. The summed E-state index contributed by atoms with van der Waals surface area (Å²) in [4.78, 5) is 16.0. The van der Waals surface area contributed by atoms with E-state index in [9.17, 15) is 4.79 Å². The molecule has 2 aromatic rings. The Morgan fingerprint density at radius 1 is 1.25 bits per heavy atom. The summed E-state index contributed by atoms with van der Waals surface area (Å²) in [6.45, 7) is 6.53. The summed E-state index contributed by atoms with van der Waals surface area (Å²) in [7, 11) is 0. The second-order valence-corrected chi connectivity index (χ2v) is 6.78. The highest BCUT2D eigenvalue weighted by Crippen LogP contribution is 2.23. The molecular weight excluding hydrogens is 268 g/mol. The first-order valence-corrected chi connectivity index (χ1v) is 7.62. The first-order chi connectivity index (χ1) is 9.45. The summed E-state index contributed by atoms with van der Waals surface area (Å²) in [6, 6.07) is 8.05. The van der Waals surface area contributed by atoms with Crippen molar-refractivity contribution in [3.63, 3.8) is 0 Å². The van der Waals surface area contributed by atoms with Crippen LogP contribution >= 0.6 is 11.3 Å². The number of aryl methyl sites for hydroxylation is 1. The first-order valence-electron chi connectivity index (χ1n) is 6.74. The number of hydrogen-bond donors (Lipinski definition) is 1. The van der Waals surface area contributed by atoms with Gasteiger partial charge in [-0.15, -0.1) is 11.3 Å². The molecule has 0 bridgehead atoms. The first kappa shape index (κ1) is 14.7. The second kappa shape index (κ2) is 6.18. The van der Waals surface area contributed by atoms with Gasteiger partial charge in [0.2, 0.25) is 5.91 Å². The van der Waals surface area contributed by atoms with Gasteiger partial charge in [-0.05, 0) is 23.1 Å². The van der Waals surface area contributed by atoms with Crippen molar-refractivity contribution in [3.8, 4) is 0 Å². The molecule has 0 aliphatic carbocycles. The number of amides is 1. The van der Waals surface area contributed by atoms with E-state index in [1.165, 1.54) is 5.56 Å². The van der Waals surface area contributed by atoms with E-state index in [4.69, 9.17) is 0 Å². The van der Waals surface area contributed by atoms with Crippen LogP contribution in [0.4, 0.5) is 5.69 Å². The lowest BCUT2D eigenvalue weighted by Crippen LogP contribution is -2.13. The van der Waals surface area contributed by atoms with Gasteiger partial charge in [0.25, 0.3) is 0 Å². The van der Waals surface area contributed by atoms with E-state index < -0.39 is 0 Å². The van der Waals surface area contributed by atoms with Crippen LogP contribution in [-0.4, -0.2) is 10.9 Å². The number of carbonyl (C=O) groups is 1. The van der Waals surface area contributed by atoms with Crippen molar-refractivity contribution in [1.82, 2.24) is 4.98 Å². The monoisotopic (exact) mass is 288 g/mol. The van der Waals surface area contributed by atoms with E-state index in [1.54, 1.807) is 17.5 Å². The fraction of sp³-hybridized carbons (Fsp3) is 0.375. The van der Waals surface area contributed by atoms with Crippen molar-refractivity contribution in [1.29, 1.82) is 0 Å². The Labute approximate surface area is 124 Å². The van der Waals surface area contributed by atoms with Crippen LogP contribution in [0.3, 0.4) is 0 Å². The molecule has 1 aromatic heterocycles. The Kier molecular flexibility index (Phi) is 4.55. The van der Waals surface area contributed by atoms with Gasteiger partial charge in [-0.25, -0.2) is 4.98 Å². The number of nitrogens with zero attached hydrogens (tertiary/aromatic N) is 1. The van der Waals surface area contributed by atoms with E-state index in [2.05, 4.69) is 43.2 Å². The molecule has 0 aliphatic heterocycles. The van der Waals surface area contributed by atoms with E-state index >= 15 is 0 Å². The third-order valence-electron chi connectivity index (χ3n) is 3.08. The quantitative estimate of drug-likeness (QED) is 0.923. The van der Waals surface area contributed by atoms with Gasteiger partial charge in [0.1, 0.15) is 0 Å². The average Bonchev–Trinajstić information content (AvgIpc) is 2.89. The summed E-state index contributed by atoms with van der Waals surface area (Å²) in [5, 5.41) is 5.85. The van der Waals surface area contributed by atoms with Crippen LogP contribution in [0.15, 0.2) is 35.8 Å². The average molecular weight is 288 g/mol. The smallest absolute Gasteiger partial charge is 0.224 e. The van der Waals surface area contributed by atoms with Gasteiger partial charge in [-0.1, -0.05) is 32.9 Å². The normalized spacial score (nSPS) is 11.3. The fourth-order valence-electron chi connectivity index (χ4n) is 1.87. The third kappa shape index (κ3) is 4.17. The SMILES string of the molecule is CC(C)(C)c1ccc(NC(=O)CCc2nccs2)cc1. The van der Waals surface area contributed by atoms with Crippen LogP contribution in [-0.2, 0) is 16.6 Å². The molecule has 2 rings (SSSR count). The molecule has 3 nitrogen and oxygen atoms in total. The van der Waals surface area contributed by atoms with Gasteiger partial charge in [-0.2, -0.15) is 0 Å². The zero-order valence-electron chi connectivity index (χ0n) is 12.1. The molecule has 106 valence electrons. The lowest BCUT2D eigenvalue weighted by Gasteiger charge is -2.19. The largest absolute Gasteiger partial charge is 0.326 e. The van der Waals surface area contributed by atoms with Gasteiger partial charge < -0.3 is 5.32 Å². The minimum Gasteiger partial charge on any atom is -0.326 e. The van der Waals surface area contributed by atoms with Crippen molar-refractivity contribution in [2.24, 2.45) is 0 Å². The molecule has 0 saturated heterocycles. The molecule has 1 amide bonds. The number of aromatic nitrogens is 1. The van der Waals surface area contributed by atoms with Crippen molar-refractivity contribution >= 4 is 22.9 Å². The Bertz CT molecular complexity index is 553. The molecule has 0 fully saturated rings. The van der Waals surface area contributed by atoms with Crippen LogP contribution in [0.1, 0.15) is 37.8 Å². The van der Waals surface area contributed by atoms with E-state index in [-0.39, 0.29) is 11.3 Å². The highest BCUT2D eigenvalue weighted by Gasteiger charge is 2.13. The van der Waals surface area contributed by atoms with Gasteiger partial charge >= 0.3 is 0 Å². The predicted octanol–water partition coefficient (Wildman–Crippen LogP) is 4.01. The molecular formula is C16H20N2OS. The maximum atomic E-state index is 11.9. The Hall–Kier alpha value is -1.68. The van der Waals surface area contributed by atoms with Crippen LogP contribution in [0.2, 0.25) is 0 Å². The zero-order valence-corrected chi connectivity index (χ0v) is 13.0. The van der Waals surface area contributed by atoms with Gasteiger partial charge in [-0.3, -0.25) is 4.79 Å². The van der Waals surface area contributed by atoms with E-state index in [0.29, 0.717) is 12.8 Å². The number of carbonyl (C=O) groups excluding carboxylic acids is 1. The van der Waals surface area contributed by atoms with E-state index in [1.807, 2.05) is 17.5 Å². The molecule has 0 unspecified atom stereocenters. The molecule has 0 aliphatic rings.